The Morgan fingerprint density at radius 2 is 1.87 bits per heavy atom. The van der Waals surface area contributed by atoms with E-state index in [4.69, 9.17) is 17.2 Å². The number of hydrogen-bond acceptors (Lipinski definition) is 4. The average molecular weight is 438 g/mol. The molecule has 0 radical (unpaired) electrons. The summed E-state index contributed by atoms with van der Waals surface area (Å²) in [6.45, 7) is 6.20. The van der Waals surface area contributed by atoms with E-state index in [9.17, 15) is 0 Å². The number of nitrogens with one attached hydrogen (secondary N) is 2. The highest BCUT2D eigenvalue weighted by molar-refractivity contribution is 7.80. The largest absolute Gasteiger partial charge is 0.361 e. The summed E-state index contributed by atoms with van der Waals surface area (Å²) in [6, 6.07) is 13.5. The van der Waals surface area contributed by atoms with Crippen LogP contribution in [0.4, 0.5) is 11.8 Å². The maximum absolute atomic E-state index is 5.65. The molecule has 2 N–H and O–H groups in total. The Bertz CT molecular complexity index is 879. The van der Waals surface area contributed by atoms with Gasteiger partial charge in [-0.15, -0.1) is 0 Å². The van der Waals surface area contributed by atoms with E-state index in [1.807, 2.05) is 6.92 Å². The number of hydrogen-bond donors (Lipinski definition) is 2. The van der Waals surface area contributed by atoms with Gasteiger partial charge in [0.15, 0.2) is 5.11 Å². The highest BCUT2D eigenvalue weighted by Crippen LogP contribution is 2.39. The molecule has 2 heterocycles. The van der Waals surface area contributed by atoms with Crippen molar-refractivity contribution in [1.29, 1.82) is 0 Å². The van der Waals surface area contributed by atoms with Crippen LogP contribution in [0.5, 0.6) is 0 Å². The lowest BCUT2D eigenvalue weighted by Gasteiger charge is -2.38. The van der Waals surface area contributed by atoms with Gasteiger partial charge in [0.05, 0.1) is 0 Å². The van der Waals surface area contributed by atoms with Crippen molar-refractivity contribution in [3.63, 3.8) is 0 Å². The number of thiocarbonyl (C=S) groups is 1. The van der Waals surface area contributed by atoms with Gasteiger partial charge in [-0.05, 0) is 63.7 Å². The summed E-state index contributed by atoms with van der Waals surface area (Å²) in [4.78, 5) is 11.8. The highest BCUT2D eigenvalue weighted by atomic mass is 32.1. The second-order valence-corrected chi connectivity index (χ2v) is 9.65. The molecule has 0 spiro atoms. The molecule has 2 aromatic rings. The quantitative estimate of drug-likeness (QED) is 0.615. The molecule has 31 heavy (non-hydrogen) atoms. The summed E-state index contributed by atoms with van der Waals surface area (Å²) in [5.41, 5.74) is 2.52. The number of benzene rings is 1. The number of piperidine rings is 1. The van der Waals surface area contributed by atoms with Crippen LogP contribution < -0.4 is 15.5 Å². The van der Waals surface area contributed by atoms with Crippen LogP contribution in [0.2, 0.25) is 0 Å². The van der Waals surface area contributed by atoms with E-state index in [0.29, 0.717) is 17.1 Å². The van der Waals surface area contributed by atoms with Crippen molar-refractivity contribution in [3.05, 3.63) is 47.7 Å². The molecule has 2 aliphatic rings. The topological polar surface area (TPSA) is 53.1 Å². The summed E-state index contributed by atoms with van der Waals surface area (Å²) in [5.74, 6) is 1.58. The second-order valence-electron chi connectivity index (χ2n) is 9.24. The Kier molecular flexibility index (Phi) is 7.06. The van der Waals surface area contributed by atoms with E-state index >= 15 is 0 Å². The Morgan fingerprint density at radius 3 is 2.61 bits per heavy atom. The van der Waals surface area contributed by atoms with Gasteiger partial charge in [0.25, 0.3) is 0 Å². The van der Waals surface area contributed by atoms with Crippen LogP contribution in [0.1, 0.15) is 69.5 Å². The minimum Gasteiger partial charge on any atom is -0.361 e. The number of aryl methyl sites for hydroxylation is 1. The summed E-state index contributed by atoms with van der Waals surface area (Å²) in [5, 5.41) is 7.35. The lowest BCUT2D eigenvalue weighted by atomic mass is 9.69. The van der Waals surface area contributed by atoms with Crippen LogP contribution in [-0.2, 0) is 5.41 Å². The molecule has 1 aliphatic carbocycles. The van der Waals surface area contributed by atoms with Crippen molar-refractivity contribution in [2.45, 2.75) is 76.7 Å². The molecule has 0 bridgehead atoms. The molecule has 1 saturated heterocycles. The first kappa shape index (κ1) is 22.0. The van der Waals surface area contributed by atoms with E-state index in [2.05, 4.69) is 63.8 Å². The zero-order chi connectivity index (χ0) is 21.7. The smallest absolute Gasteiger partial charge is 0.231 e. The van der Waals surface area contributed by atoms with Crippen LogP contribution in [0, 0.1) is 6.92 Å². The summed E-state index contributed by atoms with van der Waals surface area (Å²) in [7, 11) is 0. The van der Waals surface area contributed by atoms with Crippen LogP contribution in [0.15, 0.2) is 36.4 Å². The zero-order valence-electron chi connectivity index (χ0n) is 18.9. The van der Waals surface area contributed by atoms with E-state index in [1.165, 1.54) is 56.9 Å². The first-order valence-electron chi connectivity index (χ1n) is 11.8. The third kappa shape index (κ3) is 5.35. The van der Waals surface area contributed by atoms with E-state index < -0.39 is 0 Å². The minimum absolute atomic E-state index is 0.146. The van der Waals surface area contributed by atoms with Gasteiger partial charge in [0.1, 0.15) is 5.82 Å². The average Bonchev–Trinajstić information content (AvgIpc) is 2.79. The third-order valence-electron chi connectivity index (χ3n) is 6.95. The van der Waals surface area contributed by atoms with Gasteiger partial charge < -0.3 is 15.5 Å². The van der Waals surface area contributed by atoms with E-state index in [0.717, 1.165) is 24.6 Å². The zero-order valence-corrected chi connectivity index (χ0v) is 19.7. The van der Waals surface area contributed by atoms with Crippen molar-refractivity contribution >= 4 is 29.1 Å². The monoisotopic (exact) mass is 437 g/mol. The van der Waals surface area contributed by atoms with E-state index in [-0.39, 0.29) is 5.41 Å². The molecule has 1 aromatic heterocycles. The maximum atomic E-state index is 5.65. The number of anilines is 2. The molecule has 166 valence electrons. The van der Waals surface area contributed by atoms with Gasteiger partial charge in [-0.3, -0.25) is 0 Å². The molecule has 1 atom stereocenters. The highest BCUT2D eigenvalue weighted by Gasteiger charge is 2.33. The van der Waals surface area contributed by atoms with Crippen molar-refractivity contribution in [1.82, 2.24) is 15.3 Å². The molecule has 4 rings (SSSR count). The summed E-state index contributed by atoms with van der Waals surface area (Å²) >= 11 is 5.65. The normalized spacial score (nSPS) is 20.8. The van der Waals surface area contributed by atoms with Crippen molar-refractivity contribution in [2.24, 2.45) is 0 Å². The molecule has 1 saturated carbocycles. The molecule has 2 fully saturated rings. The van der Waals surface area contributed by atoms with Crippen LogP contribution >= 0.6 is 12.2 Å². The maximum Gasteiger partial charge on any atom is 0.231 e. The summed E-state index contributed by atoms with van der Waals surface area (Å²) in [6.07, 6.45) is 10.0. The number of aromatic nitrogens is 2. The third-order valence-corrected chi connectivity index (χ3v) is 7.19. The van der Waals surface area contributed by atoms with E-state index in [1.54, 1.807) is 0 Å². The van der Waals surface area contributed by atoms with Crippen molar-refractivity contribution < 1.29 is 0 Å². The molecular weight excluding hydrogens is 402 g/mol. The predicted molar refractivity (Wildman–Crippen MR) is 133 cm³/mol. The minimum atomic E-state index is 0.146. The second kappa shape index (κ2) is 9.94. The first-order chi connectivity index (χ1) is 15.1. The Hall–Kier alpha value is -2.21. The molecule has 0 amide bonds. The standard InChI is InChI=1S/C25H35N5S/c1-19-17-22(30-16-10-7-11-20(30)2)28-23(27-19)29-24(31)26-18-25(14-8-4-9-15-25)21-12-5-3-6-13-21/h3,5-6,12-13,17,20H,4,7-11,14-16,18H2,1-2H3,(H2,26,27,28,29,31)/t20-/m0/s1. The lowest BCUT2D eigenvalue weighted by Crippen LogP contribution is -2.43. The van der Waals surface area contributed by atoms with Gasteiger partial charge in [-0.25, -0.2) is 4.98 Å². The first-order valence-corrected chi connectivity index (χ1v) is 12.2. The molecular formula is C25H35N5S. The number of rotatable bonds is 5. The Labute approximate surface area is 192 Å². The van der Waals surface area contributed by atoms with Gasteiger partial charge in [0, 0.05) is 36.3 Å². The van der Waals surface area contributed by atoms with Gasteiger partial charge in [-0.2, -0.15) is 4.98 Å². The van der Waals surface area contributed by atoms with Crippen LogP contribution in [0.25, 0.3) is 0 Å². The summed E-state index contributed by atoms with van der Waals surface area (Å²) < 4.78 is 0. The fraction of sp³-hybridized carbons (Fsp3) is 0.560. The molecule has 0 unspecified atom stereocenters. The number of nitrogens with zero attached hydrogens (tertiary/aromatic N) is 3. The van der Waals surface area contributed by atoms with Gasteiger partial charge in [0.2, 0.25) is 5.95 Å². The fourth-order valence-electron chi connectivity index (χ4n) is 5.18. The molecule has 5 nitrogen and oxygen atoms in total. The Balaban J connectivity index is 1.43. The fourth-order valence-corrected chi connectivity index (χ4v) is 5.34. The van der Waals surface area contributed by atoms with Crippen LogP contribution in [-0.4, -0.2) is 34.2 Å². The molecule has 6 heteroatoms. The molecule has 1 aromatic carbocycles. The van der Waals surface area contributed by atoms with Gasteiger partial charge in [-0.1, -0.05) is 49.6 Å². The lowest BCUT2D eigenvalue weighted by molar-refractivity contribution is 0.292. The molecule has 1 aliphatic heterocycles. The van der Waals surface area contributed by atoms with Gasteiger partial charge >= 0.3 is 0 Å². The predicted octanol–water partition coefficient (Wildman–Crippen LogP) is 5.35. The Morgan fingerprint density at radius 1 is 1.10 bits per heavy atom. The van der Waals surface area contributed by atoms with Crippen molar-refractivity contribution in [3.8, 4) is 0 Å². The van der Waals surface area contributed by atoms with Crippen LogP contribution in [0.3, 0.4) is 0 Å². The SMILES string of the molecule is Cc1cc(N2CCCC[C@@H]2C)nc(NC(=S)NCC2(c3ccccc3)CCCCC2)n1. The van der Waals surface area contributed by atoms with Crippen molar-refractivity contribution in [2.75, 3.05) is 23.3 Å².